The highest BCUT2D eigenvalue weighted by atomic mass is 35.5. The van der Waals surface area contributed by atoms with Crippen LogP contribution in [0.15, 0.2) is 24.3 Å². The highest BCUT2D eigenvalue weighted by Crippen LogP contribution is 2.41. The van der Waals surface area contributed by atoms with E-state index in [1.165, 1.54) is 18.1 Å². The second kappa shape index (κ2) is 9.20. The Morgan fingerprint density at radius 2 is 1.92 bits per heavy atom. The molecule has 24 heavy (non-hydrogen) atoms. The molecule has 1 heterocycles. The van der Waals surface area contributed by atoms with E-state index < -0.39 is 8.07 Å². The summed E-state index contributed by atoms with van der Waals surface area (Å²) < 4.78 is 22.9. The number of hydrogen-bond acceptors (Lipinski definition) is 4. The maximum absolute atomic E-state index is 6.10. The van der Waals surface area contributed by atoms with Crippen molar-refractivity contribution >= 4 is 19.7 Å². The van der Waals surface area contributed by atoms with Gasteiger partial charge in [0, 0.05) is 12.1 Å². The van der Waals surface area contributed by atoms with Crippen molar-refractivity contribution in [1.29, 1.82) is 0 Å². The molecule has 136 valence electrons. The molecule has 6 heteroatoms. The second-order valence-electron chi connectivity index (χ2n) is 6.32. The van der Waals surface area contributed by atoms with Crippen molar-refractivity contribution in [2.24, 2.45) is 0 Å². The quantitative estimate of drug-likeness (QED) is 0.325. The van der Waals surface area contributed by atoms with Crippen molar-refractivity contribution in [3.8, 4) is 5.75 Å². The summed E-state index contributed by atoms with van der Waals surface area (Å²) >= 11 is 6.01. The molecule has 0 spiro atoms. The maximum Gasteiger partial charge on any atom is 0.147 e. The Balaban J connectivity index is 1.99. The summed E-state index contributed by atoms with van der Waals surface area (Å²) in [7, 11) is 0.243. The van der Waals surface area contributed by atoms with Crippen molar-refractivity contribution in [2.45, 2.75) is 56.8 Å². The zero-order valence-corrected chi connectivity index (χ0v) is 16.8. The van der Waals surface area contributed by atoms with Crippen LogP contribution in [-0.4, -0.2) is 46.5 Å². The standard InChI is InChI=1S/C18H29ClO4Si/c1-5-24(6-2,7-3)18-17(23-18)16(22-13-20-4)12-21-15-10-8-9-14(19)11-15/h8-11,16-18H,5-7,12-13H2,1-4H3/t16-,17?,18?/m0/s1. The van der Waals surface area contributed by atoms with Crippen LogP contribution in [0.1, 0.15) is 20.8 Å². The lowest BCUT2D eigenvalue weighted by Gasteiger charge is -2.26. The number of methoxy groups -OCH3 is 1. The Morgan fingerprint density at radius 3 is 2.50 bits per heavy atom. The molecule has 0 amide bonds. The summed E-state index contributed by atoms with van der Waals surface area (Å²) in [5.74, 6) is 0.746. The zero-order valence-electron chi connectivity index (χ0n) is 15.1. The molecule has 1 aliphatic heterocycles. The fourth-order valence-corrected chi connectivity index (χ4v) is 7.63. The van der Waals surface area contributed by atoms with E-state index in [9.17, 15) is 0 Å². The van der Waals surface area contributed by atoms with Crippen LogP contribution in [0, 0.1) is 0 Å². The first-order valence-corrected chi connectivity index (χ1v) is 11.8. The van der Waals surface area contributed by atoms with Crippen molar-refractivity contribution in [1.82, 2.24) is 0 Å². The monoisotopic (exact) mass is 372 g/mol. The van der Waals surface area contributed by atoms with E-state index in [-0.39, 0.29) is 19.0 Å². The molecule has 3 atom stereocenters. The Morgan fingerprint density at radius 1 is 1.21 bits per heavy atom. The van der Waals surface area contributed by atoms with Gasteiger partial charge in [-0.05, 0) is 18.2 Å². The average Bonchev–Trinajstić information content (AvgIpc) is 3.38. The van der Waals surface area contributed by atoms with Crippen LogP contribution in [0.4, 0.5) is 0 Å². The minimum absolute atomic E-state index is 0.117. The summed E-state index contributed by atoms with van der Waals surface area (Å²) in [4.78, 5) is 0. The van der Waals surface area contributed by atoms with Crippen LogP contribution in [0.25, 0.3) is 0 Å². The number of ether oxygens (including phenoxy) is 4. The molecule has 0 radical (unpaired) electrons. The first kappa shape index (κ1) is 19.7. The molecule has 0 N–H and O–H groups in total. The normalized spacial score (nSPS) is 21.5. The van der Waals surface area contributed by atoms with Gasteiger partial charge in [-0.1, -0.05) is 56.6 Å². The molecule has 1 aliphatic rings. The van der Waals surface area contributed by atoms with Gasteiger partial charge in [0.2, 0.25) is 0 Å². The van der Waals surface area contributed by atoms with Crippen LogP contribution in [-0.2, 0) is 14.2 Å². The Kier molecular flexibility index (Phi) is 7.56. The summed E-state index contributed by atoms with van der Waals surface area (Å²) in [6.45, 7) is 7.57. The van der Waals surface area contributed by atoms with Crippen molar-refractivity contribution in [3.05, 3.63) is 29.3 Å². The molecule has 2 unspecified atom stereocenters. The molecular formula is C18H29ClO4Si. The predicted molar refractivity (Wildman–Crippen MR) is 99.6 cm³/mol. The van der Waals surface area contributed by atoms with Gasteiger partial charge in [-0.3, -0.25) is 0 Å². The topological polar surface area (TPSA) is 40.2 Å². The first-order valence-electron chi connectivity index (χ1n) is 8.74. The minimum Gasteiger partial charge on any atom is -0.491 e. The molecular weight excluding hydrogens is 344 g/mol. The third-order valence-corrected chi connectivity index (χ3v) is 11.3. The highest BCUT2D eigenvalue weighted by molar-refractivity contribution is 6.81. The van der Waals surface area contributed by atoms with Crippen molar-refractivity contribution in [3.63, 3.8) is 0 Å². The molecule has 2 rings (SSSR count). The number of halogens is 1. The average molecular weight is 373 g/mol. The van der Waals surface area contributed by atoms with Gasteiger partial charge in [0.15, 0.2) is 0 Å². The highest BCUT2D eigenvalue weighted by Gasteiger charge is 2.56. The molecule has 1 aromatic carbocycles. The number of rotatable bonds is 11. The fraction of sp³-hybridized carbons (Fsp3) is 0.667. The Bertz CT molecular complexity index is 501. The fourth-order valence-electron chi connectivity index (χ4n) is 3.38. The predicted octanol–water partition coefficient (Wildman–Crippen LogP) is 4.52. The van der Waals surface area contributed by atoms with E-state index in [1.54, 1.807) is 7.11 Å². The van der Waals surface area contributed by atoms with Crippen molar-refractivity contribution in [2.75, 3.05) is 20.5 Å². The maximum atomic E-state index is 6.10. The first-order chi connectivity index (χ1) is 11.6. The van der Waals surface area contributed by atoms with Gasteiger partial charge in [0.1, 0.15) is 31.4 Å². The Hall–Kier alpha value is -0.593. The van der Waals surface area contributed by atoms with Gasteiger partial charge >= 0.3 is 0 Å². The SMILES string of the molecule is CC[Si](CC)(CC)C1OC1[C@H](COc1cccc(Cl)c1)OCOC. The smallest absolute Gasteiger partial charge is 0.147 e. The lowest BCUT2D eigenvalue weighted by molar-refractivity contribution is -0.0914. The number of benzene rings is 1. The van der Waals surface area contributed by atoms with Crippen molar-refractivity contribution < 1.29 is 18.9 Å². The Labute approximate surface area is 151 Å². The largest absolute Gasteiger partial charge is 0.491 e. The number of hydrogen-bond donors (Lipinski definition) is 0. The molecule has 0 bridgehead atoms. The second-order valence-corrected chi connectivity index (χ2v) is 12.2. The van der Waals surface area contributed by atoms with Crippen LogP contribution in [0.5, 0.6) is 5.75 Å². The van der Waals surface area contributed by atoms with Crippen LogP contribution < -0.4 is 4.74 Å². The van der Waals surface area contributed by atoms with E-state index in [0.29, 0.717) is 17.4 Å². The molecule has 0 saturated carbocycles. The number of epoxide rings is 1. The molecule has 1 saturated heterocycles. The molecule has 4 nitrogen and oxygen atoms in total. The molecule has 0 aliphatic carbocycles. The molecule has 0 aromatic heterocycles. The lowest BCUT2D eigenvalue weighted by Crippen LogP contribution is -2.43. The van der Waals surface area contributed by atoms with E-state index in [0.717, 1.165) is 5.75 Å². The van der Waals surface area contributed by atoms with E-state index in [1.807, 2.05) is 24.3 Å². The van der Waals surface area contributed by atoms with Gasteiger partial charge in [-0.2, -0.15) is 0 Å². The van der Waals surface area contributed by atoms with Crippen LogP contribution >= 0.6 is 11.6 Å². The van der Waals surface area contributed by atoms with Crippen LogP contribution in [0.3, 0.4) is 0 Å². The van der Waals surface area contributed by atoms with E-state index in [4.69, 9.17) is 30.5 Å². The van der Waals surface area contributed by atoms with E-state index in [2.05, 4.69) is 20.8 Å². The third kappa shape index (κ3) is 4.73. The summed E-state index contributed by atoms with van der Waals surface area (Å²) in [5, 5.41) is 0.664. The zero-order chi connectivity index (χ0) is 17.6. The van der Waals surface area contributed by atoms with Gasteiger partial charge in [0.05, 0.1) is 13.8 Å². The molecule has 1 aromatic rings. The molecule has 1 fully saturated rings. The van der Waals surface area contributed by atoms with Crippen LogP contribution in [0.2, 0.25) is 23.2 Å². The summed E-state index contributed by atoms with van der Waals surface area (Å²) in [6, 6.07) is 11.1. The van der Waals surface area contributed by atoms with E-state index >= 15 is 0 Å². The summed E-state index contributed by atoms with van der Waals surface area (Å²) in [6.07, 6.45) is -0.00342. The van der Waals surface area contributed by atoms with Gasteiger partial charge in [-0.15, -0.1) is 0 Å². The van der Waals surface area contributed by atoms with Gasteiger partial charge in [-0.25, -0.2) is 0 Å². The van der Waals surface area contributed by atoms with Gasteiger partial charge in [0.25, 0.3) is 0 Å². The minimum atomic E-state index is -1.39. The van der Waals surface area contributed by atoms with Gasteiger partial charge < -0.3 is 18.9 Å². The lowest BCUT2D eigenvalue weighted by atomic mass is 10.3. The summed E-state index contributed by atoms with van der Waals surface area (Å²) in [5.41, 5.74) is 0.363. The third-order valence-electron chi connectivity index (χ3n) is 5.22.